The molecule has 3 aromatic rings. The number of amides is 2. The van der Waals surface area contributed by atoms with E-state index in [0.29, 0.717) is 30.8 Å². The van der Waals surface area contributed by atoms with Gasteiger partial charge in [-0.05, 0) is 108 Å². The lowest BCUT2D eigenvalue weighted by Crippen LogP contribution is -2.46. The molecule has 1 aromatic heterocycles. The van der Waals surface area contributed by atoms with Crippen molar-refractivity contribution in [2.45, 2.75) is 135 Å². The lowest BCUT2D eigenvalue weighted by atomic mass is 9.91. The van der Waals surface area contributed by atoms with Gasteiger partial charge >= 0.3 is 0 Å². The summed E-state index contributed by atoms with van der Waals surface area (Å²) < 4.78 is 50.5. The smallest absolute Gasteiger partial charge is 0.297 e. The summed E-state index contributed by atoms with van der Waals surface area (Å²) in [6.45, 7) is 9.78. The minimum atomic E-state index is -3.93. The second kappa shape index (κ2) is 16.0. The van der Waals surface area contributed by atoms with Crippen LogP contribution in [0.5, 0.6) is 6.01 Å². The molecule has 2 aromatic carbocycles. The van der Waals surface area contributed by atoms with Crippen LogP contribution < -0.4 is 9.46 Å². The van der Waals surface area contributed by atoms with Gasteiger partial charge in [0.05, 0.1) is 33.8 Å². The van der Waals surface area contributed by atoms with Crippen LogP contribution in [0.1, 0.15) is 115 Å². The summed E-state index contributed by atoms with van der Waals surface area (Å²) in [6.07, 6.45) is 10.3. The lowest BCUT2D eigenvalue weighted by molar-refractivity contribution is -0.139. The highest BCUT2D eigenvalue weighted by Gasteiger charge is 2.62. The van der Waals surface area contributed by atoms with E-state index in [0.717, 1.165) is 48.7 Å². The van der Waals surface area contributed by atoms with E-state index < -0.39 is 38.2 Å². The molecule has 2 saturated carbocycles. The molecule has 1 aliphatic heterocycles. The van der Waals surface area contributed by atoms with Crippen LogP contribution in [0.4, 0.5) is 4.39 Å². The molecule has 2 amide bonds. The van der Waals surface area contributed by atoms with Crippen LogP contribution in [0, 0.1) is 24.1 Å². The van der Waals surface area contributed by atoms with E-state index >= 15 is 0 Å². The number of fused-ring (bicyclic) bond motifs is 1. The SMILES string of the molecule is CCCCCC/C=C\[C@@H]1C[C@]1(CC(=O)[C@@H]1C[C@@H](Oc2nc3ccccc3n2C(C)C)CN1C(=O)CCc1cc(C)cc(F)c1)C(=O)NS(=O)(=O)C1(C)CC1. The first-order chi connectivity index (χ1) is 25.7. The van der Waals surface area contributed by atoms with Gasteiger partial charge < -0.3 is 9.64 Å². The van der Waals surface area contributed by atoms with Gasteiger partial charge in [-0.2, -0.15) is 4.98 Å². The van der Waals surface area contributed by atoms with Gasteiger partial charge in [0.15, 0.2) is 5.78 Å². The Morgan fingerprint density at radius 3 is 2.57 bits per heavy atom. The molecule has 4 atom stereocenters. The first-order valence-electron chi connectivity index (χ1n) is 19.6. The molecule has 6 rings (SSSR count). The summed E-state index contributed by atoms with van der Waals surface area (Å²) in [5.74, 6) is -1.91. The molecule has 2 aliphatic carbocycles. The molecule has 1 saturated heterocycles. The number of nitrogens with one attached hydrogen (secondary N) is 1. The van der Waals surface area contributed by atoms with E-state index in [9.17, 15) is 27.2 Å². The van der Waals surface area contributed by atoms with Gasteiger partial charge in [-0.1, -0.05) is 56.5 Å². The second-order valence-electron chi connectivity index (χ2n) is 16.3. The Balaban J connectivity index is 1.24. The zero-order valence-corrected chi connectivity index (χ0v) is 33.1. The first-order valence-corrected chi connectivity index (χ1v) is 21.1. The number of nitrogens with zero attached hydrogens (tertiary/aromatic N) is 3. The van der Waals surface area contributed by atoms with Crippen LogP contribution in [-0.4, -0.2) is 63.9 Å². The molecule has 292 valence electrons. The quantitative estimate of drug-likeness (QED) is 0.105. The number of allylic oxidation sites excluding steroid dienone is 2. The summed E-state index contributed by atoms with van der Waals surface area (Å²) in [6, 6.07) is 11.9. The third-order valence-electron chi connectivity index (χ3n) is 11.5. The van der Waals surface area contributed by atoms with E-state index in [1.807, 2.05) is 60.9 Å². The molecule has 3 fully saturated rings. The first kappa shape index (κ1) is 39.6. The molecule has 3 aliphatic rings. The van der Waals surface area contributed by atoms with Gasteiger partial charge in [0.25, 0.3) is 6.01 Å². The number of imidazole rings is 1. The number of sulfonamides is 1. The van der Waals surface area contributed by atoms with Crippen LogP contribution >= 0.6 is 0 Å². The van der Waals surface area contributed by atoms with Gasteiger partial charge in [0.1, 0.15) is 11.9 Å². The molecule has 12 heteroatoms. The monoisotopic (exact) mass is 762 g/mol. The number of rotatable bonds is 18. The molecule has 0 bridgehead atoms. The van der Waals surface area contributed by atoms with Crippen LogP contribution in [-0.2, 0) is 30.8 Å². The number of carbonyl (C=O) groups excluding carboxylic acids is 3. The number of ketones is 1. The number of hydrogen-bond acceptors (Lipinski definition) is 7. The van der Waals surface area contributed by atoms with Gasteiger partial charge in [-0.15, -0.1) is 0 Å². The van der Waals surface area contributed by atoms with Crippen LogP contribution in [0.2, 0.25) is 0 Å². The molecule has 10 nitrogen and oxygen atoms in total. The topological polar surface area (TPSA) is 128 Å². The third-order valence-corrected chi connectivity index (χ3v) is 13.7. The maximum atomic E-state index is 14.5. The van der Waals surface area contributed by atoms with Crippen molar-refractivity contribution in [1.82, 2.24) is 19.2 Å². The predicted octanol–water partition coefficient (Wildman–Crippen LogP) is 7.54. The van der Waals surface area contributed by atoms with Crippen molar-refractivity contribution in [3.05, 3.63) is 71.6 Å². The highest BCUT2D eigenvalue weighted by atomic mass is 32.2. The molecular weight excluding hydrogens is 708 g/mol. The molecular formula is C42H55FN4O6S. The van der Waals surface area contributed by atoms with Gasteiger partial charge in [0.2, 0.25) is 21.8 Å². The van der Waals surface area contributed by atoms with Crippen molar-refractivity contribution >= 4 is 38.7 Å². The fourth-order valence-electron chi connectivity index (χ4n) is 7.87. The van der Waals surface area contributed by atoms with E-state index in [1.54, 1.807) is 13.8 Å². The number of para-hydroxylation sites is 2. The second-order valence-corrected chi connectivity index (χ2v) is 18.5. The van der Waals surface area contributed by atoms with E-state index in [1.165, 1.54) is 17.0 Å². The fraction of sp³-hybridized carbons (Fsp3) is 0.571. The molecule has 1 N–H and O–H groups in total. The van der Waals surface area contributed by atoms with Crippen LogP contribution in [0.3, 0.4) is 0 Å². The van der Waals surface area contributed by atoms with Crippen LogP contribution in [0.15, 0.2) is 54.6 Å². The lowest BCUT2D eigenvalue weighted by Gasteiger charge is -2.25. The Labute approximate surface area is 319 Å². The zero-order chi connectivity index (χ0) is 38.8. The summed E-state index contributed by atoms with van der Waals surface area (Å²) in [5.41, 5.74) is 1.89. The minimum Gasteiger partial charge on any atom is -0.459 e. The van der Waals surface area contributed by atoms with Crippen LogP contribution in [0.25, 0.3) is 11.0 Å². The summed E-state index contributed by atoms with van der Waals surface area (Å²) >= 11 is 0. The van der Waals surface area contributed by atoms with Crippen molar-refractivity contribution in [3.8, 4) is 6.01 Å². The number of ether oxygens (including phenoxy) is 1. The standard InChI is InChI=1S/C42H55FN4O6S/c1-6-7-8-9-10-11-14-31-25-42(31,39(50)45-54(51,52)41(5)19-20-41)26-37(48)36-24-33(53-40-44-34-15-12-13-16-35(34)47(40)28(2)3)27-46(36)38(49)18-17-30-21-29(4)22-32(43)23-30/h11-16,21-23,28,31,33,36H,6-10,17-20,24-27H2,1-5H3,(H,45,50)/b14-11-/t31-,33-,36+,42-/m1/s1. The number of hydrogen-bond donors (Lipinski definition) is 1. The predicted molar refractivity (Wildman–Crippen MR) is 207 cm³/mol. The Bertz CT molecular complexity index is 2000. The maximum Gasteiger partial charge on any atom is 0.297 e. The number of unbranched alkanes of at least 4 members (excludes halogenated alkanes) is 4. The fourth-order valence-corrected chi connectivity index (χ4v) is 9.20. The summed E-state index contributed by atoms with van der Waals surface area (Å²) in [7, 11) is -3.93. The number of carbonyl (C=O) groups is 3. The molecule has 0 radical (unpaired) electrons. The summed E-state index contributed by atoms with van der Waals surface area (Å²) in [5, 5.41) is 0. The highest BCUT2D eigenvalue weighted by Crippen LogP contribution is 2.57. The minimum absolute atomic E-state index is 0.0257. The van der Waals surface area contributed by atoms with Gasteiger partial charge in [-0.3, -0.25) is 23.7 Å². The van der Waals surface area contributed by atoms with Gasteiger partial charge in [-0.25, -0.2) is 12.8 Å². The van der Waals surface area contributed by atoms with Crippen molar-refractivity contribution in [2.75, 3.05) is 6.54 Å². The summed E-state index contributed by atoms with van der Waals surface area (Å²) in [4.78, 5) is 48.7. The Morgan fingerprint density at radius 1 is 1.11 bits per heavy atom. The van der Waals surface area contributed by atoms with E-state index in [2.05, 4.69) is 11.6 Å². The Kier molecular flexibility index (Phi) is 11.7. The number of Topliss-reactive ketones (excluding diaryl/α,β-unsaturated/α-hetero) is 1. The van der Waals surface area contributed by atoms with E-state index in [4.69, 9.17) is 9.72 Å². The number of likely N-dealkylation sites (tertiary alicyclic amines) is 1. The number of benzene rings is 2. The van der Waals surface area contributed by atoms with Crippen molar-refractivity contribution in [2.24, 2.45) is 11.3 Å². The van der Waals surface area contributed by atoms with E-state index in [-0.39, 0.29) is 61.7 Å². The average Bonchev–Trinajstić information content (AvgIpc) is 3.93. The molecule has 0 unspecified atom stereocenters. The number of aryl methyl sites for hydroxylation is 2. The van der Waals surface area contributed by atoms with Crippen molar-refractivity contribution < 1.29 is 31.9 Å². The highest BCUT2D eigenvalue weighted by molar-refractivity contribution is 7.91. The normalized spacial score (nSPS) is 23.3. The largest absolute Gasteiger partial charge is 0.459 e. The van der Waals surface area contributed by atoms with Crippen molar-refractivity contribution in [1.29, 1.82) is 0 Å². The molecule has 2 heterocycles. The number of halogens is 1. The van der Waals surface area contributed by atoms with Crippen molar-refractivity contribution in [3.63, 3.8) is 0 Å². The number of aromatic nitrogens is 2. The average molecular weight is 763 g/mol. The van der Waals surface area contributed by atoms with Gasteiger partial charge in [0, 0.05) is 25.3 Å². The third kappa shape index (κ3) is 8.58. The molecule has 0 spiro atoms. The zero-order valence-electron chi connectivity index (χ0n) is 32.3. The Morgan fingerprint density at radius 2 is 1.87 bits per heavy atom. The Hall–Kier alpha value is -4.06. The molecule has 54 heavy (non-hydrogen) atoms. The maximum absolute atomic E-state index is 14.5.